The molecule has 0 unspecified atom stereocenters. The maximum absolute atomic E-state index is 12.8. The minimum atomic E-state index is -2.77. The van der Waals surface area contributed by atoms with Crippen molar-refractivity contribution < 1.29 is 23.0 Å². The van der Waals surface area contributed by atoms with Crippen LogP contribution in [0.4, 0.5) is 8.78 Å². The van der Waals surface area contributed by atoms with Crippen LogP contribution in [-0.4, -0.2) is 24.7 Å². The molecule has 0 aliphatic heterocycles. The Kier molecular flexibility index (Phi) is 5.03. The van der Waals surface area contributed by atoms with Gasteiger partial charge in [0.05, 0.1) is 19.3 Å². The van der Waals surface area contributed by atoms with E-state index in [2.05, 4.69) is 4.98 Å². The van der Waals surface area contributed by atoms with Gasteiger partial charge < -0.3 is 9.47 Å². The first-order chi connectivity index (χ1) is 8.02. The van der Waals surface area contributed by atoms with E-state index >= 15 is 0 Å². The Labute approximate surface area is 110 Å². The van der Waals surface area contributed by atoms with Gasteiger partial charge in [-0.15, -0.1) is 0 Å². The van der Waals surface area contributed by atoms with Gasteiger partial charge in [0.2, 0.25) is 0 Å². The molecule has 0 atom stereocenters. The predicted octanol–water partition coefficient (Wildman–Crippen LogP) is 2.81. The first kappa shape index (κ1) is 14.1. The zero-order valence-electron chi connectivity index (χ0n) is 9.17. The van der Waals surface area contributed by atoms with Gasteiger partial charge in [-0.3, -0.25) is 0 Å². The van der Waals surface area contributed by atoms with Gasteiger partial charge in [-0.25, -0.2) is 18.6 Å². The molecule has 0 aromatic carbocycles. The van der Waals surface area contributed by atoms with Crippen molar-refractivity contribution in [3.63, 3.8) is 0 Å². The molecule has 0 N–H and O–H groups in total. The summed E-state index contributed by atoms with van der Waals surface area (Å²) in [4.78, 5) is 15.3. The Bertz CT molecular complexity index is 426. The van der Waals surface area contributed by atoms with Crippen LogP contribution in [0.3, 0.4) is 0 Å². The van der Waals surface area contributed by atoms with Crippen molar-refractivity contribution in [2.45, 2.75) is 13.3 Å². The molecular weight excluding hydrogens is 347 g/mol. The third-order valence-corrected chi connectivity index (χ3v) is 2.80. The predicted molar refractivity (Wildman–Crippen MR) is 64.4 cm³/mol. The molecule has 1 heterocycles. The fourth-order valence-corrected chi connectivity index (χ4v) is 1.87. The normalized spacial score (nSPS) is 10.5. The van der Waals surface area contributed by atoms with Crippen LogP contribution < -0.4 is 4.74 Å². The molecule has 1 aromatic heterocycles. The number of esters is 1. The molecule has 0 bridgehead atoms. The average Bonchev–Trinajstić information content (AvgIpc) is 2.27. The number of methoxy groups -OCH3 is 1. The molecule has 4 nitrogen and oxygen atoms in total. The number of rotatable bonds is 4. The second-order valence-electron chi connectivity index (χ2n) is 2.93. The number of hydrogen-bond donors (Lipinski definition) is 0. The molecule has 0 fully saturated rings. The third-order valence-electron chi connectivity index (χ3n) is 1.94. The van der Waals surface area contributed by atoms with E-state index in [-0.39, 0.29) is 21.6 Å². The lowest BCUT2D eigenvalue weighted by molar-refractivity contribution is 0.0521. The number of ether oxygens (including phenoxy) is 2. The van der Waals surface area contributed by atoms with Crippen molar-refractivity contribution >= 4 is 28.6 Å². The van der Waals surface area contributed by atoms with Crippen LogP contribution in [0.1, 0.15) is 29.3 Å². The number of aromatic nitrogens is 1. The minimum Gasteiger partial charge on any atom is -0.495 e. The van der Waals surface area contributed by atoms with Crippen LogP contribution in [0.25, 0.3) is 0 Å². The number of halogens is 3. The Morgan fingerprint density at radius 3 is 2.71 bits per heavy atom. The topological polar surface area (TPSA) is 48.4 Å². The highest BCUT2D eigenvalue weighted by Gasteiger charge is 2.25. The lowest BCUT2D eigenvalue weighted by Gasteiger charge is -2.13. The van der Waals surface area contributed by atoms with Crippen LogP contribution >= 0.6 is 22.6 Å². The van der Waals surface area contributed by atoms with Crippen LogP contribution in [-0.2, 0) is 4.74 Å². The lowest BCUT2D eigenvalue weighted by atomic mass is 10.2. The fraction of sp³-hybridized carbons (Fsp3) is 0.400. The SMILES string of the molecule is CCOC(=O)c1cnc(I)c(C(F)F)c1OC. The molecule has 0 spiro atoms. The summed E-state index contributed by atoms with van der Waals surface area (Å²) in [5.74, 6) is -0.909. The molecule has 17 heavy (non-hydrogen) atoms. The summed E-state index contributed by atoms with van der Waals surface area (Å²) in [6.07, 6.45) is -1.59. The molecular formula is C10H10F2INO3. The first-order valence-corrected chi connectivity index (χ1v) is 5.78. The van der Waals surface area contributed by atoms with Gasteiger partial charge in [0.15, 0.2) is 0 Å². The summed E-state index contributed by atoms with van der Waals surface area (Å²) in [6.45, 7) is 1.77. The summed E-state index contributed by atoms with van der Waals surface area (Å²) in [5, 5.41) is 0. The summed E-state index contributed by atoms with van der Waals surface area (Å²) in [7, 11) is 1.22. The second kappa shape index (κ2) is 6.08. The Morgan fingerprint density at radius 1 is 1.59 bits per heavy atom. The van der Waals surface area contributed by atoms with E-state index in [1.807, 2.05) is 0 Å². The monoisotopic (exact) mass is 357 g/mol. The number of carbonyl (C=O) groups is 1. The van der Waals surface area contributed by atoms with E-state index in [1.165, 1.54) is 13.3 Å². The van der Waals surface area contributed by atoms with E-state index in [0.717, 1.165) is 0 Å². The summed E-state index contributed by atoms with van der Waals surface area (Å²) in [6, 6.07) is 0. The zero-order chi connectivity index (χ0) is 13.0. The van der Waals surface area contributed by atoms with E-state index in [4.69, 9.17) is 9.47 Å². The van der Waals surface area contributed by atoms with Gasteiger partial charge in [0, 0.05) is 6.20 Å². The van der Waals surface area contributed by atoms with Crippen molar-refractivity contribution in [1.29, 1.82) is 0 Å². The van der Waals surface area contributed by atoms with Crippen LogP contribution in [0.2, 0.25) is 0 Å². The van der Waals surface area contributed by atoms with Gasteiger partial charge in [-0.2, -0.15) is 0 Å². The number of hydrogen-bond acceptors (Lipinski definition) is 4. The van der Waals surface area contributed by atoms with Crippen LogP contribution in [0, 0.1) is 3.70 Å². The Balaban J connectivity index is 3.32. The average molecular weight is 357 g/mol. The number of nitrogens with zero attached hydrogens (tertiary/aromatic N) is 1. The molecule has 0 amide bonds. The number of carbonyl (C=O) groups excluding carboxylic acids is 1. The number of pyridine rings is 1. The Hall–Kier alpha value is -0.990. The van der Waals surface area contributed by atoms with E-state index in [0.29, 0.717) is 0 Å². The second-order valence-corrected chi connectivity index (χ2v) is 3.95. The summed E-state index contributed by atoms with van der Waals surface area (Å²) >= 11 is 1.66. The van der Waals surface area contributed by atoms with E-state index < -0.39 is 18.0 Å². The molecule has 0 radical (unpaired) electrons. The molecule has 0 aliphatic rings. The van der Waals surface area contributed by atoms with Crippen molar-refractivity contribution in [3.05, 3.63) is 21.0 Å². The smallest absolute Gasteiger partial charge is 0.343 e. The molecule has 1 aromatic rings. The van der Waals surface area contributed by atoms with Crippen LogP contribution in [0.5, 0.6) is 5.75 Å². The van der Waals surface area contributed by atoms with Crippen LogP contribution in [0.15, 0.2) is 6.20 Å². The molecule has 0 saturated heterocycles. The molecule has 0 aliphatic carbocycles. The minimum absolute atomic E-state index is 0.0925. The van der Waals surface area contributed by atoms with Gasteiger partial charge in [-0.05, 0) is 29.5 Å². The van der Waals surface area contributed by atoms with Crippen molar-refractivity contribution in [2.24, 2.45) is 0 Å². The summed E-state index contributed by atoms with van der Waals surface area (Å²) < 4.78 is 35.4. The zero-order valence-corrected chi connectivity index (χ0v) is 11.3. The highest BCUT2D eigenvalue weighted by molar-refractivity contribution is 14.1. The fourth-order valence-electron chi connectivity index (χ4n) is 1.25. The maximum atomic E-state index is 12.8. The van der Waals surface area contributed by atoms with E-state index in [1.54, 1.807) is 29.5 Å². The summed E-state index contributed by atoms with van der Waals surface area (Å²) in [5.41, 5.74) is -0.483. The van der Waals surface area contributed by atoms with Crippen molar-refractivity contribution in [1.82, 2.24) is 4.98 Å². The highest BCUT2D eigenvalue weighted by atomic mass is 127. The number of alkyl halides is 2. The maximum Gasteiger partial charge on any atom is 0.343 e. The molecule has 7 heteroatoms. The van der Waals surface area contributed by atoms with Gasteiger partial charge in [-0.1, -0.05) is 0 Å². The third kappa shape index (κ3) is 3.02. The molecule has 94 valence electrons. The first-order valence-electron chi connectivity index (χ1n) is 4.70. The largest absolute Gasteiger partial charge is 0.495 e. The van der Waals surface area contributed by atoms with Gasteiger partial charge in [0.1, 0.15) is 15.0 Å². The highest BCUT2D eigenvalue weighted by Crippen LogP contribution is 2.34. The van der Waals surface area contributed by atoms with Gasteiger partial charge in [0.25, 0.3) is 6.43 Å². The lowest BCUT2D eigenvalue weighted by Crippen LogP contribution is -2.10. The molecule has 1 rings (SSSR count). The van der Waals surface area contributed by atoms with E-state index in [9.17, 15) is 13.6 Å². The van der Waals surface area contributed by atoms with Crippen molar-refractivity contribution in [3.8, 4) is 5.75 Å². The molecule has 0 saturated carbocycles. The van der Waals surface area contributed by atoms with Crippen molar-refractivity contribution in [2.75, 3.05) is 13.7 Å². The quantitative estimate of drug-likeness (QED) is 0.473. The van der Waals surface area contributed by atoms with Gasteiger partial charge >= 0.3 is 5.97 Å². The Morgan fingerprint density at radius 2 is 2.24 bits per heavy atom. The standard InChI is InChI=1S/C10H10F2INO3/c1-3-17-10(15)5-4-14-9(13)6(8(11)12)7(5)16-2/h4,8H,3H2,1-2H3.